The lowest BCUT2D eigenvalue weighted by molar-refractivity contribution is 0.0658. The molecule has 94 valence electrons. The summed E-state index contributed by atoms with van der Waals surface area (Å²) in [5, 5.41) is 3.49. The van der Waals surface area contributed by atoms with Gasteiger partial charge < -0.3 is 10.1 Å². The molecular formula is C15H23NO. The summed E-state index contributed by atoms with van der Waals surface area (Å²) in [6.07, 6.45) is 4.12. The second-order valence-corrected chi connectivity index (χ2v) is 4.10. The molecule has 0 fully saturated rings. The lowest BCUT2D eigenvalue weighted by Gasteiger charge is -2.27. The second-order valence-electron chi connectivity index (χ2n) is 4.10. The average molecular weight is 233 g/mol. The summed E-state index contributed by atoms with van der Waals surface area (Å²) in [5.41, 5.74) is 1.23. The van der Waals surface area contributed by atoms with Gasteiger partial charge in [0.25, 0.3) is 0 Å². The first kappa shape index (κ1) is 13.9. The standard InChI is InChI=1S/C15H23NO/c1-4-6-12-14(16-5-2)15(17-3)13-10-8-7-9-11-13/h4,7-11,14-16H,1,5-6,12H2,2-3H3. The summed E-state index contributed by atoms with van der Waals surface area (Å²) in [6, 6.07) is 10.7. The van der Waals surface area contributed by atoms with Gasteiger partial charge in [-0.3, -0.25) is 0 Å². The van der Waals surface area contributed by atoms with Crippen LogP contribution in [-0.4, -0.2) is 19.7 Å². The van der Waals surface area contributed by atoms with E-state index in [0.717, 1.165) is 19.4 Å². The van der Waals surface area contributed by atoms with Crippen molar-refractivity contribution in [2.75, 3.05) is 13.7 Å². The molecule has 0 saturated heterocycles. The Hall–Kier alpha value is -1.12. The average Bonchev–Trinajstić information content (AvgIpc) is 2.38. The van der Waals surface area contributed by atoms with Gasteiger partial charge in [0.1, 0.15) is 0 Å². The summed E-state index contributed by atoms with van der Waals surface area (Å²) in [4.78, 5) is 0. The van der Waals surface area contributed by atoms with E-state index in [0.29, 0.717) is 6.04 Å². The molecule has 17 heavy (non-hydrogen) atoms. The number of rotatable bonds is 8. The van der Waals surface area contributed by atoms with Gasteiger partial charge in [-0.1, -0.05) is 43.3 Å². The summed E-state index contributed by atoms with van der Waals surface area (Å²) >= 11 is 0. The maximum absolute atomic E-state index is 5.65. The van der Waals surface area contributed by atoms with E-state index in [2.05, 4.69) is 43.1 Å². The molecule has 0 aliphatic heterocycles. The Balaban J connectivity index is 2.77. The van der Waals surface area contributed by atoms with Crippen molar-refractivity contribution >= 4 is 0 Å². The molecule has 0 heterocycles. The number of benzene rings is 1. The van der Waals surface area contributed by atoms with Crippen LogP contribution in [0.25, 0.3) is 0 Å². The molecule has 2 unspecified atom stereocenters. The summed E-state index contributed by atoms with van der Waals surface area (Å²) in [6.45, 7) is 6.86. The van der Waals surface area contributed by atoms with E-state index in [4.69, 9.17) is 4.74 Å². The van der Waals surface area contributed by atoms with Crippen LogP contribution in [0.3, 0.4) is 0 Å². The van der Waals surface area contributed by atoms with E-state index in [-0.39, 0.29) is 6.10 Å². The van der Waals surface area contributed by atoms with Crippen molar-refractivity contribution in [3.8, 4) is 0 Å². The first-order valence-electron chi connectivity index (χ1n) is 6.25. The molecule has 0 aliphatic carbocycles. The van der Waals surface area contributed by atoms with E-state index >= 15 is 0 Å². The molecule has 0 saturated carbocycles. The Morgan fingerprint density at radius 2 is 2.06 bits per heavy atom. The first-order valence-corrected chi connectivity index (χ1v) is 6.25. The summed E-state index contributed by atoms with van der Waals surface area (Å²) < 4.78 is 5.65. The van der Waals surface area contributed by atoms with Crippen LogP contribution in [0.15, 0.2) is 43.0 Å². The van der Waals surface area contributed by atoms with Crippen molar-refractivity contribution in [2.45, 2.75) is 31.9 Å². The molecule has 1 aromatic rings. The van der Waals surface area contributed by atoms with Crippen molar-refractivity contribution in [3.63, 3.8) is 0 Å². The maximum atomic E-state index is 5.65. The third kappa shape index (κ3) is 4.33. The molecular weight excluding hydrogens is 210 g/mol. The van der Waals surface area contributed by atoms with Crippen LogP contribution >= 0.6 is 0 Å². The Labute approximate surface area is 105 Å². The van der Waals surface area contributed by atoms with Crippen LogP contribution in [0, 0.1) is 0 Å². The zero-order chi connectivity index (χ0) is 12.5. The van der Waals surface area contributed by atoms with Gasteiger partial charge in [0, 0.05) is 13.2 Å². The van der Waals surface area contributed by atoms with Gasteiger partial charge in [0.2, 0.25) is 0 Å². The number of hydrogen-bond acceptors (Lipinski definition) is 2. The molecule has 2 heteroatoms. The number of likely N-dealkylation sites (N-methyl/N-ethyl adjacent to an activating group) is 1. The van der Waals surface area contributed by atoms with Crippen LogP contribution in [0.5, 0.6) is 0 Å². The van der Waals surface area contributed by atoms with Gasteiger partial charge in [-0.25, -0.2) is 0 Å². The predicted octanol–water partition coefficient (Wildman–Crippen LogP) is 3.32. The fourth-order valence-corrected chi connectivity index (χ4v) is 2.10. The van der Waals surface area contributed by atoms with E-state index in [1.165, 1.54) is 5.56 Å². The molecule has 0 amide bonds. The highest BCUT2D eigenvalue weighted by Crippen LogP contribution is 2.23. The number of allylic oxidation sites excluding steroid dienone is 1. The fraction of sp³-hybridized carbons (Fsp3) is 0.467. The quantitative estimate of drug-likeness (QED) is 0.695. The number of hydrogen-bond donors (Lipinski definition) is 1. The zero-order valence-electron chi connectivity index (χ0n) is 10.9. The SMILES string of the molecule is C=CCCC(NCC)C(OC)c1ccccc1. The molecule has 1 rings (SSSR count). The molecule has 2 atom stereocenters. The molecule has 0 spiro atoms. The molecule has 0 bridgehead atoms. The predicted molar refractivity (Wildman–Crippen MR) is 73.1 cm³/mol. The lowest BCUT2D eigenvalue weighted by atomic mass is 9.98. The van der Waals surface area contributed by atoms with Crippen LogP contribution in [-0.2, 0) is 4.74 Å². The van der Waals surface area contributed by atoms with Gasteiger partial charge in [-0.05, 0) is 24.9 Å². The Bertz CT molecular complexity index is 310. The Morgan fingerprint density at radius 1 is 1.35 bits per heavy atom. The van der Waals surface area contributed by atoms with Gasteiger partial charge in [-0.15, -0.1) is 6.58 Å². The minimum Gasteiger partial charge on any atom is -0.375 e. The van der Waals surface area contributed by atoms with Crippen LogP contribution < -0.4 is 5.32 Å². The normalized spacial score (nSPS) is 14.2. The van der Waals surface area contributed by atoms with Crippen LogP contribution in [0.2, 0.25) is 0 Å². The Kier molecular flexibility index (Phi) is 6.60. The van der Waals surface area contributed by atoms with E-state index in [1.807, 2.05) is 12.1 Å². The molecule has 0 aliphatic rings. The maximum Gasteiger partial charge on any atom is 0.0974 e. The van der Waals surface area contributed by atoms with Crippen molar-refractivity contribution in [3.05, 3.63) is 48.6 Å². The van der Waals surface area contributed by atoms with E-state index < -0.39 is 0 Å². The minimum absolute atomic E-state index is 0.107. The molecule has 1 aromatic carbocycles. The monoisotopic (exact) mass is 233 g/mol. The molecule has 0 radical (unpaired) electrons. The van der Waals surface area contributed by atoms with Gasteiger partial charge >= 0.3 is 0 Å². The second kappa shape index (κ2) is 8.04. The highest BCUT2D eigenvalue weighted by molar-refractivity contribution is 5.19. The van der Waals surface area contributed by atoms with Crippen molar-refractivity contribution in [1.29, 1.82) is 0 Å². The number of methoxy groups -OCH3 is 1. The molecule has 1 N–H and O–H groups in total. The molecule has 0 aromatic heterocycles. The minimum atomic E-state index is 0.107. The first-order chi connectivity index (χ1) is 8.33. The van der Waals surface area contributed by atoms with Crippen molar-refractivity contribution in [2.24, 2.45) is 0 Å². The Morgan fingerprint density at radius 3 is 2.59 bits per heavy atom. The summed E-state index contributed by atoms with van der Waals surface area (Å²) in [5.74, 6) is 0. The van der Waals surface area contributed by atoms with Crippen LogP contribution in [0.1, 0.15) is 31.4 Å². The third-order valence-electron chi connectivity index (χ3n) is 2.90. The zero-order valence-corrected chi connectivity index (χ0v) is 10.9. The number of nitrogens with one attached hydrogen (secondary N) is 1. The number of ether oxygens (including phenoxy) is 1. The third-order valence-corrected chi connectivity index (χ3v) is 2.90. The smallest absolute Gasteiger partial charge is 0.0974 e. The van der Waals surface area contributed by atoms with Gasteiger partial charge in [0.05, 0.1) is 6.10 Å². The van der Waals surface area contributed by atoms with Crippen molar-refractivity contribution < 1.29 is 4.74 Å². The highest BCUT2D eigenvalue weighted by atomic mass is 16.5. The lowest BCUT2D eigenvalue weighted by Crippen LogP contribution is -2.35. The van der Waals surface area contributed by atoms with Crippen molar-refractivity contribution in [1.82, 2.24) is 5.32 Å². The van der Waals surface area contributed by atoms with E-state index in [1.54, 1.807) is 7.11 Å². The van der Waals surface area contributed by atoms with Gasteiger partial charge in [0.15, 0.2) is 0 Å². The highest BCUT2D eigenvalue weighted by Gasteiger charge is 2.21. The topological polar surface area (TPSA) is 21.3 Å². The molecule has 2 nitrogen and oxygen atoms in total. The van der Waals surface area contributed by atoms with Gasteiger partial charge in [-0.2, -0.15) is 0 Å². The van der Waals surface area contributed by atoms with E-state index in [9.17, 15) is 0 Å². The summed E-state index contributed by atoms with van der Waals surface area (Å²) in [7, 11) is 1.77. The van der Waals surface area contributed by atoms with Crippen LogP contribution in [0.4, 0.5) is 0 Å². The largest absolute Gasteiger partial charge is 0.375 e. The fourth-order valence-electron chi connectivity index (χ4n) is 2.10.